The molecule has 98 valence electrons. The zero-order valence-electron chi connectivity index (χ0n) is 10.1. The molecule has 4 nitrogen and oxygen atoms in total. The summed E-state index contributed by atoms with van der Waals surface area (Å²) in [5.74, 6) is -0.253. The number of hydrogen-bond acceptors (Lipinski definition) is 3. The standard InChI is InChI=1S/C13H17FN2O2/c14-10-1-2-11(12(15)7-10)13(18)16-5-3-9(8-16)4-6-17/h1-2,7,9,17H,3-6,8,15H2. The van der Waals surface area contributed by atoms with Gasteiger partial charge in [0.05, 0.1) is 5.56 Å². The first kappa shape index (κ1) is 12.8. The first-order valence-electron chi connectivity index (χ1n) is 6.07. The van der Waals surface area contributed by atoms with E-state index in [1.165, 1.54) is 12.1 Å². The van der Waals surface area contributed by atoms with Crippen LogP contribution >= 0.6 is 0 Å². The summed E-state index contributed by atoms with van der Waals surface area (Å²) in [6, 6.07) is 3.83. The van der Waals surface area contributed by atoms with Gasteiger partial charge in [-0.15, -0.1) is 0 Å². The van der Waals surface area contributed by atoms with E-state index < -0.39 is 5.82 Å². The molecular formula is C13H17FN2O2. The lowest BCUT2D eigenvalue weighted by Gasteiger charge is -2.17. The van der Waals surface area contributed by atoms with E-state index in [1.54, 1.807) is 4.90 Å². The lowest BCUT2D eigenvalue weighted by Crippen LogP contribution is -2.29. The maximum absolute atomic E-state index is 12.9. The Morgan fingerprint density at radius 1 is 1.56 bits per heavy atom. The summed E-state index contributed by atoms with van der Waals surface area (Å²) in [7, 11) is 0. The normalized spacial score (nSPS) is 19.2. The zero-order chi connectivity index (χ0) is 13.1. The van der Waals surface area contributed by atoms with Crippen LogP contribution in [0.1, 0.15) is 23.2 Å². The predicted octanol–water partition coefficient (Wildman–Crippen LogP) is 1.25. The molecule has 5 heteroatoms. The van der Waals surface area contributed by atoms with Gasteiger partial charge in [-0.1, -0.05) is 0 Å². The Balaban J connectivity index is 2.08. The monoisotopic (exact) mass is 252 g/mol. The number of carbonyl (C=O) groups excluding carboxylic acids is 1. The molecule has 0 aromatic heterocycles. The SMILES string of the molecule is Nc1cc(F)ccc1C(=O)N1CCC(CCO)C1. The number of benzene rings is 1. The quantitative estimate of drug-likeness (QED) is 0.796. The van der Waals surface area contributed by atoms with Gasteiger partial charge in [0.1, 0.15) is 5.82 Å². The maximum Gasteiger partial charge on any atom is 0.255 e. The molecule has 0 bridgehead atoms. The molecular weight excluding hydrogens is 235 g/mol. The second kappa shape index (κ2) is 5.35. The highest BCUT2D eigenvalue weighted by Crippen LogP contribution is 2.23. The fraction of sp³-hybridized carbons (Fsp3) is 0.462. The molecule has 1 saturated heterocycles. The van der Waals surface area contributed by atoms with Crippen molar-refractivity contribution in [3.8, 4) is 0 Å². The molecule has 1 atom stereocenters. The summed E-state index contributed by atoms with van der Waals surface area (Å²) < 4.78 is 12.9. The van der Waals surface area contributed by atoms with Gasteiger partial charge in [-0.2, -0.15) is 0 Å². The Bertz CT molecular complexity index is 451. The van der Waals surface area contributed by atoms with Crippen LogP contribution in [0, 0.1) is 11.7 Å². The molecule has 18 heavy (non-hydrogen) atoms. The summed E-state index contributed by atoms with van der Waals surface area (Å²) in [6.07, 6.45) is 1.61. The van der Waals surface area contributed by atoms with E-state index in [0.717, 1.165) is 12.5 Å². The molecule has 0 aliphatic carbocycles. The number of aliphatic hydroxyl groups is 1. The summed E-state index contributed by atoms with van der Waals surface area (Å²) >= 11 is 0. The van der Waals surface area contributed by atoms with Gasteiger partial charge in [0.15, 0.2) is 0 Å². The fourth-order valence-corrected chi connectivity index (χ4v) is 2.33. The van der Waals surface area contributed by atoms with E-state index in [0.29, 0.717) is 31.0 Å². The number of halogens is 1. The molecule has 1 aliphatic heterocycles. The number of likely N-dealkylation sites (tertiary alicyclic amines) is 1. The van der Waals surface area contributed by atoms with Crippen LogP contribution in [0.25, 0.3) is 0 Å². The molecule has 0 spiro atoms. The Kier molecular flexibility index (Phi) is 3.81. The van der Waals surface area contributed by atoms with Gasteiger partial charge >= 0.3 is 0 Å². The zero-order valence-corrected chi connectivity index (χ0v) is 10.1. The minimum Gasteiger partial charge on any atom is -0.398 e. The van der Waals surface area contributed by atoms with Crippen LogP contribution in [-0.2, 0) is 0 Å². The molecule has 0 saturated carbocycles. The number of amides is 1. The van der Waals surface area contributed by atoms with E-state index >= 15 is 0 Å². The first-order chi connectivity index (χ1) is 8.61. The molecule has 1 aromatic carbocycles. The number of anilines is 1. The van der Waals surface area contributed by atoms with Crippen LogP contribution in [0.3, 0.4) is 0 Å². The van der Waals surface area contributed by atoms with Crippen molar-refractivity contribution in [2.45, 2.75) is 12.8 Å². The van der Waals surface area contributed by atoms with Gasteiger partial charge in [-0.3, -0.25) is 4.79 Å². The van der Waals surface area contributed by atoms with Crippen molar-refractivity contribution in [2.75, 3.05) is 25.4 Å². The van der Waals surface area contributed by atoms with Gasteiger partial charge in [0, 0.05) is 25.4 Å². The average molecular weight is 252 g/mol. The third-order valence-corrected chi connectivity index (χ3v) is 3.35. The van der Waals surface area contributed by atoms with Gasteiger partial charge < -0.3 is 15.7 Å². The van der Waals surface area contributed by atoms with Crippen molar-refractivity contribution in [1.82, 2.24) is 4.90 Å². The van der Waals surface area contributed by atoms with Crippen molar-refractivity contribution in [1.29, 1.82) is 0 Å². The van der Waals surface area contributed by atoms with Crippen LogP contribution in [-0.4, -0.2) is 35.6 Å². The number of hydrogen-bond donors (Lipinski definition) is 2. The number of nitrogen functional groups attached to an aromatic ring is 1. The highest BCUT2D eigenvalue weighted by Gasteiger charge is 2.27. The Hall–Kier alpha value is -1.62. The Morgan fingerprint density at radius 2 is 2.33 bits per heavy atom. The molecule has 1 fully saturated rings. The van der Waals surface area contributed by atoms with Crippen LogP contribution in [0.2, 0.25) is 0 Å². The van der Waals surface area contributed by atoms with E-state index in [4.69, 9.17) is 10.8 Å². The number of nitrogens with two attached hydrogens (primary N) is 1. The largest absolute Gasteiger partial charge is 0.398 e. The molecule has 1 aromatic rings. The third-order valence-electron chi connectivity index (χ3n) is 3.35. The van der Waals surface area contributed by atoms with Crippen molar-refractivity contribution >= 4 is 11.6 Å². The average Bonchev–Trinajstić information content (AvgIpc) is 2.77. The maximum atomic E-state index is 12.9. The Labute approximate surface area is 105 Å². The van der Waals surface area contributed by atoms with Crippen LogP contribution in [0.5, 0.6) is 0 Å². The Morgan fingerprint density at radius 3 is 3.00 bits per heavy atom. The number of rotatable bonds is 3. The highest BCUT2D eigenvalue weighted by atomic mass is 19.1. The fourth-order valence-electron chi connectivity index (χ4n) is 2.33. The van der Waals surface area contributed by atoms with Gasteiger partial charge in [0.25, 0.3) is 5.91 Å². The second-order valence-corrected chi connectivity index (χ2v) is 4.65. The van der Waals surface area contributed by atoms with Crippen molar-refractivity contribution in [3.05, 3.63) is 29.6 Å². The summed E-state index contributed by atoms with van der Waals surface area (Å²) in [4.78, 5) is 13.9. The van der Waals surface area contributed by atoms with Gasteiger partial charge in [-0.25, -0.2) is 4.39 Å². The molecule has 1 heterocycles. The second-order valence-electron chi connectivity index (χ2n) is 4.65. The first-order valence-corrected chi connectivity index (χ1v) is 6.07. The highest BCUT2D eigenvalue weighted by molar-refractivity contribution is 5.99. The number of nitrogens with zero attached hydrogens (tertiary/aromatic N) is 1. The summed E-state index contributed by atoms with van der Waals surface area (Å²) in [5.41, 5.74) is 6.18. The molecule has 1 unspecified atom stereocenters. The summed E-state index contributed by atoms with van der Waals surface area (Å²) in [5, 5.41) is 8.88. The van der Waals surface area contributed by atoms with E-state index in [1.807, 2.05) is 0 Å². The van der Waals surface area contributed by atoms with Gasteiger partial charge in [0.2, 0.25) is 0 Å². The molecule has 2 rings (SSSR count). The predicted molar refractivity (Wildman–Crippen MR) is 66.5 cm³/mol. The van der Waals surface area contributed by atoms with Crippen LogP contribution < -0.4 is 5.73 Å². The van der Waals surface area contributed by atoms with E-state index in [-0.39, 0.29) is 18.2 Å². The van der Waals surface area contributed by atoms with Gasteiger partial charge in [-0.05, 0) is 37.0 Å². The van der Waals surface area contributed by atoms with Crippen molar-refractivity contribution < 1.29 is 14.3 Å². The molecule has 0 radical (unpaired) electrons. The molecule has 1 aliphatic rings. The van der Waals surface area contributed by atoms with E-state index in [2.05, 4.69) is 0 Å². The third kappa shape index (κ3) is 2.61. The minimum atomic E-state index is -0.441. The van der Waals surface area contributed by atoms with Crippen LogP contribution in [0.4, 0.5) is 10.1 Å². The topological polar surface area (TPSA) is 66.6 Å². The van der Waals surface area contributed by atoms with E-state index in [9.17, 15) is 9.18 Å². The van der Waals surface area contributed by atoms with Crippen molar-refractivity contribution in [2.24, 2.45) is 5.92 Å². The molecule has 3 N–H and O–H groups in total. The smallest absolute Gasteiger partial charge is 0.255 e. The lowest BCUT2D eigenvalue weighted by atomic mass is 10.1. The number of carbonyl (C=O) groups is 1. The number of aliphatic hydroxyl groups excluding tert-OH is 1. The molecule has 1 amide bonds. The van der Waals surface area contributed by atoms with Crippen LogP contribution in [0.15, 0.2) is 18.2 Å². The summed E-state index contributed by atoms with van der Waals surface area (Å²) in [6.45, 7) is 1.45. The minimum absolute atomic E-state index is 0.144. The van der Waals surface area contributed by atoms with Crippen molar-refractivity contribution in [3.63, 3.8) is 0 Å². The lowest BCUT2D eigenvalue weighted by molar-refractivity contribution is 0.0785.